The standard InChI is InChI=1S/C20H26ClN5O5S/c1-14-23-19(25-31-14)20(6-2-3-7-20)22-13-18(27)24-17-12-15(4-5-16(17)21)32(28,29)26-8-10-30-11-9-26/h4-5,12,22H,2-3,6-11,13H2,1H3,(H,24,27). The Balaban J connectivity index is 1.45. The van der Waals surface area contributed by atoms with Crippen LogP contribution in [0.4, 0.5) is 5.69 Å². The van der Waals surface area contributed by atoms with Gasteiger partial charge in [-0.2, -0.15) is 9.29 Å². The predicted octanol–water partition coefficient (Wildman–Crippen LogP) is 2.05. The molecule has 1 aliphatic heterocycles. The molecule has 2 fully saturated rings. The third-order valence-corrected chi connectivity index (χ3v) is 8.04. The van der Waals surface area contributed by atoms with Gasteiger partial charge >= 0.3 is 0 Å². The molecule has 0 unspecified atom stereocenters. The second-order valence-electron chi connectivity index (χ2n) is 7.99. The molecule has 2 aliphatic rings. The molecule has 0 radical (unpaired) electrons. The van der Waals surface area contributed by atoms with Gasteiger partial charge in [-0.15, -0.1) is 0 Å². The molecule has 1 aromatic carbocycles. The number of nitrogens with one attached hydrogen (secondary N) is 2. The van der Waals surface area contributed by atoms with Crippen LogP contribution in [0.2, 0.25) is 5.02 Å². The van der Waals surface area contributed by atoms with Crippen LogP contribution in [0.1, 0.15) is 37.4 Å². The number of hydrogen-bond donors (Lipinski definition) is 2. The average molecular weight is 484 g/mol. The molecular formula is C20H26ClN5O5S. The molecule has 174 valence electrons. The van der Waals surface area contributed by atoms with E-state index in [4.69, 9.17) is 20.9 Å². The lowest BCUT2D eigenvalue weighted by Crippen LogP contribution is -2.44. The van der Waals surface area contributed by atoms with Gasteiger partial charge in [-0.3, -0.25) is 10.1 Å². The molecule has 1 aromatic heterocycles. The molecule has 1 saturated heterocycles. The van der Waals surface area contributed by atoms with Gasteiger partial charge in [-0.1, -0.05) is 29.6 Å². The highest BCUT2D eigenvalue weighted by molar-refractivity contribution is 7.89. The first-order valence-corrected chi connectivity index (χ1v) is 12.4. The van der Waals surface area contributed by atoms with Gasteiger partial charge in [0, 0.05) is 20.0 Å². The quantitative estimate of drug-likeness (QED) is 0.612. The number of hydrogen-bond acceptors (Lipinski definition) is 8. The predicted molar refractivity (Wildman–Crippen MR) is 117 cm³/mol. The van der Waals surface area contributed by atoms with Crippen LogP contribution in [-0.2, 0) is 25.1 Å². The molecule has 2 N–H and O–H groups in total. The van der Waals surface area contributed by atoms with Crippen LogP contribution in [0.25, 0.3) is 0 Å². The van der Waals surface area contributed by atoms with Gasteiger partial charge in [0.25, 0.3) is 0 Å². The Labute approximate surface area is 191 Å². The van der Waals surface area contributed by atoms with Crippen molar-refractivity contribution in [2.24, 2.45) is 0 Å². The highest BCUT2D eigenvalue weighted by atomic mass is 35.5. The van der Waals surface area contributed by atoms with Gasteiger partial charge in [-0.25, -0.2) is 8.42 Å². The molecule has 4 rings (SSSR count). The summed E-state index contributed by atoms with van der Waals surface area (Å²) < 4.78 is 37.6. The van der Waals surface area contributed by atoms with E-state index in [-0.39, 0.29) is 41.1 Å². The Morgan fingerprint density at radius 3 is 2.62 bits per heavy atom. The number of amides is 1. The van der Waals surface area contributed by atoms with E-state index in [9.17, 15) is 13.2 Å². The number of benzene rings is 1. The maximum Gasteiger partial charge on any atom is 0.243 e. The summed E-state index contributed by atoms with van der Waals surface area (Å²) >= 11 is 6.23. The van der Waals surface area contributed by atoms with Gasteiger partial charge in [-0.05, 0) is 31.0 Å². The number of aryl methyl sites for hydroxylation is 1. The van der Waals surface area contributed by atoms with Crippen molar-refractivity contribution < 1.29 is 22.5 Å². The normalized spacial score (nSPS) is 19.2. The molecule has 0 spiro atoms. The largest absolute Gasteiger partial charge is 0.379 e. The number of halogens is 1. The van der Waals surface area contributed by atoms with Crippen LogP contribution in [0.15, 0.2) is 27.6 Å². The first kappa shape index (κ1) is 23.1. The maximum absolute atomic E-state index is 12.9. The SMILES string of the molecule is Cc1nc(C2(NCC(=O)Nc3cc(S(=O)(=O)N4CCOCC4)ccc3Cl)CCCC2)no1. The lowest BCUT2D eigenvalue weighted by atomic mass is 9.96. The van der Waals surface area contributed by atoms with Crippen molar-refractivity contribution in [1.82, 2.24) is 19.8 Å². The Morgan fingerprint density at radius 1 is 1.25 bits per heavy atom. The van der Waals surface area contributed by atoms with Crippen molar-refractivity contribution >= 4 is 33.2 Å². The number of rotatable bonds is 7. The van der Waals surface area contributed by atoms with Crippen molar-refractivity contribution in [3.63, 3.8) is 0 Å². The van der Waals surface area contributed by atoms with Crippen molar-refractivity contribution in [3.05, 3.63) is 34.9 Å². The third kappa shape index (κ3) is 4.81. The van der Waals surface area contributed by atoms with Gasteiger partial charge < -0.3 is 14.6 Å². The maximum atomic E-state index is 12.9. The Morgan fingerprint density at radius 2 is 1.97 bits per heavy atom. The van der Waals surface area contributed by atoms with E-state index in [2.05, 4.69) is 20.8 Å². The van der Waals surface area contributed by atoms with Crippen LogP contribution < -0.4 is 10.6 Å². The average Bonchev–Trinajstić information content (AvgIpc) is 3.44. The zero-order valence-corrected chi connectivity index (χ0v) is 19.3. The molecule has 2 aromatic rings. The van der Waals surface area contributed by atoms with E-state index in [1.54, 1.807) is 6.92 Å². The number of carbonyl (C=O) groups excluding carboxylic acids is 1. The summed E-state index contributed by atoms with van der Waals surface area (Å²) in [6, 6.07) is 4.30. The zero-order valence-electron chi connectivity index (χ0n) is 17.8. The summed E-state index contributed by atoms with van der Waals surface area (Å²) in [6.45, 7) is 2.99. The number of ether oxygens (including phenoxy) is 1. The number of carbonyl (C=O) groups is 1. The lowest BCUT2D eigenvalue weighted by Gasteiger charge is -2.27. The first-order valence-electron chi connectivity index (χ1n) is 10.5. The molecule has 1 aliphatic carbocycles. The summed E-state index contributed by atoms with van der Waals surface area (Å²) in [5.74, 6) is 0.679. The van der Waals surface area contributed by atoms with E-state index >= 15 is 0 Å². The fourth-order valence-corrected chi connectivity index (χ4v) is 5.69. The Hall–Kier alpha value is -2.05. The van der Waals surface area contributed by atoms with E-state index in [1.165, 1.54) is 22.5 Å². The van der Waals surface area contributed by atoms with E-state index < -0.39 is 15.6 Å². The Bertz CT molecular complexity index is 1080. The lowest BCUT2D eigenvalue weighted by molar-refractivity contribution is -0.115. The molecule has 2 heterocycles. The molecule has 1 amide bonds. The molecule has 1 saturated carbocycles. The number of nitrogens with zero attached hydrogens (tertiary/aromatic N) is 3. The molecule has 0 bridgehead atoms. The van der Waals surface area contributed by atoms with Gasteiger partial charge in [0.1, 0.15) is 0 Å². The zero-order chi connectivity index (χ0) is 22.8. The van der Waals surface area contributed by atoms with Gasteiger partial charge in [0.15, 0.2) is 5.82 Å². The third-order valence-electron chi connectivity index (χ3n) is 5.82. The van der Waals surface area contributed by atoms with E-state index in [0.29, 0.717) is 24.9 Å². The molecule has 32 heavy (non-hydrogen) atoms. The minimum atomic E-state index is -3.71. The van der Waals surface area contributed by atoms with Crippen molar-refractivity contribution in [2.75, 3.05) is 38.2 Å². The summed E-state index contributed by atoms with van der Waals surface area (Å²) in [5.41, 5.74) is -0.274. The summed E-state index contributed by atoms with van der Waals surface area (Å²) in [6.07, 6.45) is 3.59. The van der Waals surface area contributed by atoms with Crippen LogP contribution >= 0.6 is 11.6 Å². The smallest absolute Gasteiger partial charge is 0.243 e. The number of morpholine rings is 1. The van der Waals surface area contributed by atoms with Crippen molar-refractivity contribution in [3.8, 4) is 0 Å². The first-order chi connectivity index (χ1) is 15.3. The van der Waals surface area contributed by atoms with Crippen LogP contribution in [-0.4, -0.2) is 61.6 Å². The highest BCUT2D eigenvalue weighted by Gasteiger charge is 2.39. The minimum absolute atomic E-state index is 0.00957. The summed E-state index contributed by atoms with van der Waals surface area (Å²) in [7, 11) is -3.71. The summed E-state index contributed by atoms with van der Waals surface area (Å²) in [5, 5.41) is 10.3. The van der Waals surface area contributed by atoms with Crippen molar-refractivity contribution in [1.29, 1.82) is 0 Å². The number of sulfonamides is 1. The van der Waals surface area contributed by atoms with E-state index in [1.807, 2.05) is 0 Å². The van der Waals surface area contributed by atoms with Crippen LogP contribution in [0.3, 0.4) is 0 Å². The van der Waals surface area contributed by atoms with Crippen LogP contribution in [0.5, 0.6) is 0 Å². The topological polar surface area (TPSA) is 127 Å². The van der Waals surface area contributed by atoms with Crippen LogP contribution in [0, 0.1) is 6.92 Å². The second kappa shape index (κ2) is 9.44. The minimum Gasteiger partial charge on any atom is -0.379 e. The fraction of sp³-hybridized carbons (Fsp3) is 0.550. The highest BCUT2D eigenvalue weighted by Crippen LogP contribution is 2.37. The van der Waals surface area contributed by atoms with E-state index in [0.717, 1.165) is 25.7 Å². The number of aromatic nitrogens is 2. The molecule has 10 nitrogen and oxygen atoms in total. The van der Waals surface area contributed by atoms with Crippen molar-refractivity contribution in [2.45, 2.75) is 43.0 Å². The Kier molecular flexibility index (Phi) is 6.82. The molecule has 0 atom stereocenters. The van der Waals surface area contributed by atoms with Gasteiger partial charge in [0.2, 0.25) is 21.8 Å². The number of anilines is 1. The monoisotopic (exact) mass is 483 g/mol. The summed E-state index contributed by atoms with van der Waals surface area (Å²) in [4.78, 5) is 17.1. The molecule has 12 heteroatoms. The fourth-order valence-electron chi connectivity index (χ4n) is 4.09. The van der Waals surface area contributed by atoms with Gasteiger partial charge in [0.05, 0.1) is 40.9 Å². The second-order valence-corrected chi connectivity index (χ2v) is 10.3. The molecular weight excluding hydrogens is 458 g/mol.